The van der Waals surface area contributed by atoms with Crippen LogP contribution in [0.4, 0.5) is 0 Å². The van der Waals surface area contributed by atoms with Crippen molar-refractivity contribution in [3.05, 3.63) is 12.2 Å². The summed E-state index contributed by atoms with van der Waals surface area (Å²) in [6.07, 6.45) is 38.9. The highest BCUT2D eigenvalue weighted by Gasteiger charge is 2.27. The van der Waals surface area contributed by atoms with E-state index >= 15 is 0 Å². The van der Waals surface area contributed by atoms with Gasteiger partial charge in [-0.15, -0.1) is 0 Å². The number of carbonyl (C=O) groups is 2. The van der Waals surface area contributed by atoms with Crippen molar-refractivity contribution in [2.45, 2.75) is 232 Å². The maximum absolute atomic E-state index is 12.6. The summed E-state index contributed by atoms with van der Waals surface area (Å²) in [5.41, 5.74) is 0. The third-order valence-electron chi connectivity index (χ3n) is 9.92. The van der Waals surface area contributed by atoms with Gasteiger partial charge in [-0.25, -0.2) is 4.57 Å². The Kier molecular flexibility index (Phi) is 39.9. The van der Waals surface area contributed by atoms with Crippen molar-refractivity contribution in [1.29, 1.82) is 0 Å². The maximum Gasteiger partial charge on any atom is 0.472 e. The van der Waals surface area contributed by atoms with Crippen molar-refractivity contribution in [3.8, 4) is 0 Å². The molecular formula is C44H85O10P. The molecule has 1 unspecified atom stereocenters. The molecule has 3 atom stereocenters. The molecule has 0 aromatic heterocycles. The molecule has 0 heterocycles. The number of hydrogen-bond donors (Lipinski definition) is 3. The van der Waals surface area contributed by atoms with Crippen LogP contribution >= 0.6 is 7.82 Å². The number of aliphatic hydroxyl groups excluding tert-OH is 2. The molecule has 0 aliphatic heterocycles. The van der Waals surface area contributed by atoms with Crippen LogP contribution in [0.2, 0.25) is 0 Å². The quantitative estimate of drug-likeness (QED) is 0.0235. The zero-order valence-corrected chi connectivity index (χ0v) is 36.3. The molecule has 0 saturated carbocycles. The molecule has 0 aromatic carbocycles. The Bertz CT molecular complexity index is 930. The lowest BCUT2D eigenvalue weighted by atomic mass is 10.0. The average Bonchev–Trinajstić information content (AvgIpc) is 3.17. The van der Waals surface area contributed by atoms with Crippen LogP contribution in [0.3, 0.4) is 0 Å². The number of hydrogen-bond acceptors (Lipinski definition) is 9. The predicted octanol–water partition coefficient (Wildman–Crippen LogP) is 12.0. The van der Waals surface area contributed by atoms with Gasteiger partial charge in [-0.05, 0) is 38.5 Å². The molecule has 0 spiro atoms. The molecule has 55 heavy (non-hydrogen) atoms. The van der Waals surface area contributed by atoms with Crippen LogP contribution < -0.4 is 0 Å². The first-order valence-electron chi connectivity index (χ1n) is 22.6. The highest BCUT2D eigenvalue weighted by atomic mass is 31.2. The molecule has 326 valence electrons. The minimum absolute atomic E-state index is 0.178. The number of phosphoric acid groups is 1. The Labute approximate surface area is 336 Å². The summed E-state index contributed by atoms with van der Waals surface area (Å²) in [6, 6.07) is 0. The summed E-state index contributed by atoms with van der Waals surface area (Å²) in [7, 11) is -4.61. The van der Waals surface area contributed by atoms with Gasteiger partial charge >= 0.3 is 19.8 Å². The van der Waals surface area contributed by atoms with Crippen LogP contribution in [0, 0.1) is 0 Å². The van der Waals surface area contributed by atoms with E-state index in [9.17, 15) is 24.2 Å². The van der Waals surface area contributed by atoms with Gasteiger partial charge in [0.05, 0.1) is 19.8 Å². The van der Waals surface area contributed by atoms with Gasteiger partial charge in [-0.2, -0.15) is 0 Å². The monoisotopic (exact) mass is 805 g/mol. The standard InChI is InChI=1S/C44H85O10P/c1-3-5-7-9-11-13-15-17-19-20-22-23-25-27-29-31-33-35-43(47)51-39-42(40-53-55(49,50)52-38-41(46)37-45)54-44(48)36-34-32-30-28-26-24-21-18-16-14-12-10-8-6-4-2/h18,21,41-42,45-46H,3-17,19-20,22-40H2,1-2H3,(H,49,50)/b21-18+/t41-,42+/m0/s1. The zero-order valence-electron chi connectivity index (χ0n) is 35.4. The maximum atomic E-state index is 12.6. The summed E-state index contributed by atoms with van der Waals surface area (Å²) in [6.45, 7) is 2.40. The van der Waals surface area contributed by atoms with E-state index in [1.165, 1.54) is 122 Å². The smallest absolute Gasteiger partial charge is 0.462 e. The number of carbonyl (C=O) groups excluding carboxylic acids is 2. The van der Waals surface area contributed by atoms with Gasteiger partial charge in [-0.1, -0.05) is 180 Å². The molecule has 0 aliphatic rings. The lowest BCUT2D eigenvalue weighted by molar-refractivity contribution is -0.161. The molecule has 0 aromatic rings. The minimum atomic E-state index is -4.61. The van der Waals surface area contributed by atoms with Crippen LogP contribution in [0.25, 0.3) is 0 Å². The summed E-state index contributed by atoms with van der Waals surface area (Å²) in [5, 5.41) is 18.3. The predicted molar refractivity (Wildman–Crippen MR) is 224 cm³/mol. The largest absolute Gasteiger partial charge is 0.472 e. The summed E-state index contributed by atoms with van der Waals surface area (Å²) in [4.78, 5) is 35.0. The Morgan fingerprint density at radius 3 is 1.31 bits per heavy atom. The second kappa shape index (κ2) is 40.9. The summed E-state index contributed by atoms with van der Waals surface area (Å²) in [5.74, 6) is -0.923. The summed E-state index contributed by atoms with van der Waals surface area (Å²) < 4.78 is 32.7. The van der Waals surface area contributed by atoms with Gasteiger partial charge < -0.3 is 24.6 Å². The highest BCUT2D eigenvalue weighted by molar-refractivity contribution is 7.47. The fraction of sp³-hybridized carbons (Fsp3) is 0.909. The molecule has 0 radical (unpaired) electrons. The first-order valence-corrected chi connectivity index (χ1v) is 24.1. The molecular weight excluding hydrogens is 719 g/mol. The number of aliphatic hydroxyl groups is 2. The van der Waals surface area contributed by atoms with E-state index < -0.39 is 51.8 Å². The molecule has 0 aliphatic carbocycles. The van der Waals surface area contributed by atoms with Crippen LogP contribution in [0.15, 0.2) is 12.2 Å². The molecule has 10 nitrogen and oxygen atoms in total. The number of phosphoric ester groups is 1. The van der Waals surface area contributed by atoms with E-state index in [2.05, 4.69) is 26.0 Å². The summed E-state index contributed by atoms with van der Waals surface area (Å²) >= 11 is 0. The van der Waals surface area contributed by atoms with Crippen LogP contribution in [-0.4, -0.2) is 65.7 Å². The minimum Gasteiger partial charge on any atom is -0.462 e. The van der Waals surface area contributed by atoms with E-state index in [4.69, 9.17) is 23.6 Å². The van der Waals surface area contributed by atoms with Crippen LogP contribution in [-0.2, 0) is 32.7 Å². The lowest BCUT2D eigenvalue weighted by Crippen LogP contribution is -2.29. The van der Waals surface area contributed by atoms with E-state index in [0.717, 1.165) is 57.8 Å². The first-order chi connectivity index (χ1) is 26.7. The Morgan fingerprint density at radius 1 is 0.527 bits per heavy atom. The molecule has 3 N–H and O–H groups in total. The number of allylic oxidation sites excluding steroid dienone is 2. The Hall–Kier alpha value is -1.29. The van der Waals surface area contributed by atoms with Gasteiger partial charge in [0, 0.05) is 12.8 Å². The molecule has 11 heteroatoms. The molecule has 0 saturated heterocycles. The van der Waals surface area contributed by atoms with E-state index in [1.54, 1.807) is 0 Å². The molecule has 0 rings (SSSR count). The second-order valence-corrected chi connectivity index (χ2v) is 16.9. The van der Waals surface area contributed by atoms with E-state index in [0.29, 0.717) is 12.8 Å². The zero-order chi connectivity index (χ0) is 40.5. The van der Waals surface area contributed by atoms with Gasteiger partial charge in [0.15, 0.2) is 6.10 Å². The van der Waals surface area contributed by atoms with Crippen LogP contribution in [0.5, 0.6) is 0 Å². The Morgan fingerprint density at radius 2 is 0.891 bits per heavy atom. The van der Waals surface area contributed by atoms with Gasteiger partial charge in [0.1, 0.15) is 12.7 Å². The van der Waals surface area contributed by atoms with Crippen molar-refractivity contribution in [3.63, 3.8) is 0 Å². The van der Waals surface area contributed by atoms with E-state index in [-0.39, 0.29) is 19.4 Å². The molecule has 0 amide bonds. The topological polar surface area (TPSA) is 149 Å². The Balaban J connectivity index is 4.24. The van der Waals surface area contributed by atoms with Crippen molar-refractivity contribution in [2.75, 3.05) is 26.4 Å². The lowest BCUT2D eigenvalue weighted by Gasteiger charge is -2.20. The molecule has 0 bridgehead atoms. The SMILES string of the molecule is CCCCCCCC/C=C/CCCCCCCC(=O)O[C@H](COC(=O)CCCCCCCCCCCCCCCCCCC)COP(=O)(O)OC[C@@H](O)CO. The third kappa shape index (κ3) is 40.7. The van der Waals surface area contributed by atoms with Crippen molar-refractivity contribution in [2.24, 2.45) is 0 Å². The van der Waals surface area contributed by atoms with Gasteiger partial charge in [0.25, 0.3) is 0 Å². The number of rotatable bonds is 43. The van der Waals surface area contributed by atoms with Crippen molar-refractivity contribution < 1.29 is 47.8 Å². The number of esters is 2. The normalized spacial score (nSPS) is 13.9. The van der Waals surface area contributed by atoms with Crippen molar-refractivity contribution in [1.82, 2.24) is 0 Å². The highest BCUT2D eigenvalue weighted by Crippen LogP contribution is 2.43. The second-order valence-electron chi connectivity index (χ2n) is 15.4. The van der Waals surface area contributed by atoms with Crippen LogP contribution in [0.1, 0.15) is 219 Å². The molecule has 0 fully saturated rings. The fourth-order valence-corrected chi connectivity index (χ4v) is 7.19. The fourth-order valence-electron chi connectivity index (χ4n) is 6.40. The number of ether oxygens (including phenoxy) is 2. The third-order valence-corrected chi connectivity index (χ3v) is 10.9. The first kappa shape index (κ1) is 53.7. The number of unbranched alkanes of at least 4 members (excludes halogenated alkanes) is 27. The van der Waals surface area contributed by atoms with Gasteiger partial charge in [-0.3, -0.25) is 18.6 Å². The van der Waals surface area contributed by atoms with Crippen molar-refractivity contribution >= 4 is 19.8 Å². The van der Waals surface area contributed by atoms with E-state index in [1.807, 2.05) is 0 Å². The average molecular weight is 805 g/mol. The van der Waals surface area contributed by atoms with Gasteiger partial charge in [0.2, 0.25) is 0 Å².